The van der Waals surface area contributed by atoms with Crippen LogP contribution in [0.4, 0.5) is 4.79 Å². The number of carbonyl (C=O) groups is 2. The van der Waals surface area contributed by atoms with Gasteiger partial charge in [-0.25, -0.2) is 4.79 Å². The molecule has 1 aliphatic rings. The van der Waals surface area contributed by atoms with E-state index in [0.29, 0.717) is 6.42 Å². The summed E-state index contributed by atoms with van der Waals surface area (Å²) in [4.78, 5) is 25.6. The number of amides is 3. The second-order valence-corrected chi connectivity index (χ2v) is 3.52. The Labute approximate surface area is 84.0 Å². The monoisotopic (exact) mass is 199 g/mol. The van der Waals surface area contributed by atoms with Crippen LogP contribution in [0.2, 0.25) is 0 Å². The fourth-order valence-electron chi connectivity index (χ4n) is 1.44. The van der Waals surface area contributed by atoms with Gasteiger partial charge >= 0.3 is 6.03 Å². The van der Waals surface area contributed by atoms with Crippen LogP contribution in [0.25, 0.3) is 0 Å². The van der Waals surface area contributed by atoms with E-state index in [2.05, 4.69) is 5.32 Å². The molecular weight excluding hydrogens is 182 g/mol. The SMILES string of the molecule is CCCNC1CC(=O)N(C)C(=O)N1C. The van der Waals surface area contributed by atoms with E-state index in [1.807, 2.05) is 6.92 Å². The van der Waals surface area contributed by atoms with E-state index in [1.54, 1.807) is 11.9 Å². The van der Waals surface area contributed by atoms with Crippen molar-refractivity contribution >= 4 is 11.9 Å². The van der Waals surface area contributed by atoms with Crippen LogP contribution in [-0.4, -0.2) is 48.5 Å². The van der Waals surface area contributed by atoms with Gasteiger partial charge in [0.05, 0.1) is 12.6 Å². The Bertz CT molecular complexity index is 242. The minimum atomic E-state index is -0.241. The quantitative estimate of drug-likeness (QED) is 0.707. The van der Waals surface area contributed by atoms with E-state index >= 15 is 0 Å². The van der Waals surface area contributed by atoms with E-state index in [0.717, 1.165) is 17.9 Å². The second-order valence-electron chi connectivity index (χ2n) is 3.52. The summed E-state index contributed by atoms with van der Waals surface area (Å²) >= 11 is 0. The van der Waals surface area contributed by atoms with E-state index in [1.165, 1.54) is 7.05 Å². The van der Waals surface area contributed by atoms with Crippen molar-refractivity contribution < 1.29 is 9.59 Å². The van der Waals surface area contributed by atoms with Gasteiger partial charge in [0, 0.05) is 14.1 Å². The van der Waals surface area contributed by atoms with Gasteiger partial charge in [0.25, 0.3) is 0 Å². The van der Waals surface area contributed by atoms with Crippen LogP contribution in [0.1, 0.15) is 19.8 Å². The van der Waals surface area contributed by atoms with E-state index in [4.69, 9.17) is 0 Å². The van der Waals surface area contributed by atoms with Crippen LogP contribution in [0.5, 0.6) is 0 Å². The molecule has 5 heteroatoms. The van der Waals surface area contributed by atoms with Gasteiger partial charge in [-0.1, -0.05) is 6.92 Å². The molecule has 1 heterocycles. The normalized spacial score (nSPS) is 23.2. The van der Waals surface area contributed by atoms with Gasteiger partial charge in [-0.15, -0.1) is 0 Å². The third-order valence-corrected chi connectivity index (χ3v) is 2.43. The van der Waals surface area contributed by atoms with Gasteiger partial charge in [0.1, 0.15) is 0 Å². The summed E-state index contributed by atoms with van der Waals surface area (Å²) in [6.07, 6.45) is 1.20. The number of nitrogens with one attached hydrogen (secondary N) is 1. The van der Waals surface area contributed by atoms with Gasteiger partial charge in [-0.05, 0) is 13.0 Å². The lowest BCUT2D eigenvalue weighted by molar-refractivity contribution is -0.131. The molecule has 0 aromatic rings. The van der Waals surface area contributed by atoms with Crippen molar-refractivity contribution in [1.82, 2.24) is 15.1 Å². The van der Waals surface area contributed by atoms with Crippen molar-refractivity contribution in [3.63, 3.8) is 0 Å². The molecule has 1 unspecified atom stereocenters. The molecule has 0 bridgehead atoms. The first-order valence-corrected chi connectivity index (χ1v) is 4.84. The first-order valence-electron chi connectivity index (χ1n) is 4.84. The summed E-state index contributed by atoms with van der Waals surface area (Å²) in [7, 11) is 3.22. The van der Waals surface area contributed by atoms with Crippen LogP contribution < -0.4 is 5.32 Å². The predicted octanol–water partition coefficient (Wildman–Crippen LogP) is 0.226. The number of rotatable bonds is 3. The van der Waals surface area contributed by atoms with Gasteiger partial charge in [-0.3, -0.25) is 15.0 Å². The van der Waals surface area contributed by atoms with Crippen LogP contribution in [0.3, 0.4) is 0 Å². The molecule has 3 amide bonds. The molecule has 1 rings (SSSR count). The summed E-state index contributed by atoms with van der Waals surface area (Å²) in [5, 5.41) is 3.16. The van der Waals surface area contributed by atoms with Crippen LogP contribution in [0.15, 0.2) is 0 Å². The minimum absolute atomic E-state index is 0.123. The van der Waals surface area contributed by atoms with Crippen LogP contribution in [-0.2, 0) is 4.79 Å². The molecule has 1 aliphatic heterocycles. The standard InChI is InChI=1S/C9H17N3O2/c1-4-5-10-7-6-8(13)12(3)9(14)11(7)2/h7,10H,4-6H2,1-3H3. The molecule has 0 radical (unpaired) electrons. The molecule has 0 aromatic heterocycles. The zero-order valence-electron chi connectivity index (χ0n) is 8.91. The smallest absolute Gasteiger partial charge is 0.311 e. The molecule has 0 spiro atoms. The molecule has 1 atom stereocenters. The highest BCUT2D eigenvalue weighted by molar-refractivity contribution is 5.96. The van der Waals surface area contributed by atoms with Gasteiger partial charge in [0.15, 0.2) is 0 Å². The van der Waals surface area contributed by atoms with Crippen molar-refractivity contribution in [2.24, 2.45) is 0 Å². The molecule has 80 valence electrons. The lowest BCUT2D eigenvalue weighted by Gasteiger charge is -2.36. The molecule has 1 N–H and O–H groups in total. The molecule has 1 saturated heterocycles. The third kappa shape index (κ3) is 2.04. The fourth-order valence-corrected chi connectivity index (χ4v) is 1.44. The lowest BCUT2D eigenvalue weighted by atomic mass is 10.2. The molecule has 14 heavy (non-hydrogen) atoms. The van der Waals surface area contributed by atoms with Crippen LogP contribution in [0, 0.1) is 0 Å². The Morgan fingerprint density at radius 3 is 2.64 bits per heavy atom. The Morgan fingerprint density at radius 2 is 2.07 bits per heavy atom. The highest BCUT2D eigenvalue weighted by Gasteiger charge is 2.33. The maximum absolute atomic E-state index is 11.5. The number of nitrogens with zero attached hydrogens (tertiary/aromatic N) is 2. The van der Waals surface area contributed by atoms with E-state index in [-0.39, 0.29) is 18.1 Å². The maximum Gasteiger partial charge on any atom is 0.327 e. The Morgan fingerprint density at radius 1 is 1.43 bits per heavy atom. The van der Waals surface area contributed by atoms with Crippen molar-refractivity contribution in [1.29, 1.82) is 0 Å². The average Bonchev–Trinajstić information content (AvgIpc) is 2.18. The van der Waals surface area contributed by atoms with Crippen LogP contribution >= 0.6 is 0 Å². The van der Waals surface area contributed by atoms with Gasteiger partial charge in [0.2, 0.25) is 5.91 Å². The number of urea groups is 1. The largest absolute Gasteiger partial charge is 0.327 e. The molecule has 0 saturated carbocycles. The van der Waals surface area contributed by atoms with E-state index in [9.17, 15) is 9.59 Å². The number of imide groups is 1. The topological polar surface area (TPSA) is 52.7 Å². The second kappa shape index (κ2) is 4.41. The number of hydrogen-bond acceptors (Lipinski definition) is 3. The minimum Gasteiger partial charge on any atom is -0.311 e. The summed E-state index contributed by atoms with van der Waals surface area (Å²) in [6.45, 7) is 2.87. The molecule has 5 nitrogen and oxygen atoms in total. The van der Waals surface area contributed by atoms with Crippen molar-refractivity contribution in [2.45, 2.75) is 25.9 Å². The lowest BCUT2D eigenvalue weighted by Crippen LogP contribution is -2.58. The highest BCUT2D eigenvalue weighted by atomic mass is 16.2. The molecule has 0 aromatic carbocycles. The zero-order valence-corrected chi connectivity index (χ0v) is 8.91. The Hall–Kier alpha value is -1.10. The maximum atomic E-state index is 11.5. The third-order valence-electron chi connectivity index (χ3n) is 2.43. The average molecular weight is 199 g/mol. The molecule has 0 aliphatic carbocycles. The summed E-state index contributed by atoms with van der Waals surface area (Å²) < 4.78 is 0. The summed E-state index contributed by atoms with van der Waals surface area (Å²) in [5.74, 6) is -0.123. The molecule has 1 fully saturated rings. The summed E-state index contributed by atoms with van der Waals surface area (Å²) in [6, 6.07) is -0.241. The summed E-state index contributed by atoms with van der Waals surface area (Å²) in [5.41, 5.74) is 0. The Balaban J connectivity index is 2.61. The molecular formula is C9H17N3O2. The first-order chi connectivity index (χ1) is 6.57. The number of hydrogen-bond donors (Lipinski definition) is 1. The van der Waals surface area contributed by atoms with E-state index < -0.39 is 0 Å². The zero-order chi connectivity index (χ0) is 10.7. The first kappa shape index (κ1) is 11.0. The number of carbonyl (C=O) groups excluding carboxylic acids is 2. The van der Waals surface area contributed by atoms with Gasteiger partial charge in [-0.2, -0.15) is 0 Å². The van der Waals surface area contributed by atoms with Crippen molar-refractivity contribution in [2.75, 3.05) is 20.6 Å². The van der Waals surface area contributed by atoms with Crippen molar-refractivity contribution in [3.8, 4) is 0 Å². The highest BCUT2D eigenvalue weighted by Crippen LogP contribution is 2.11. The van der Waals surface area contributed by atoms with Crippen molar-refractivity contribution in [3.05, 3.63) is 0 Å². The fraction of sp³-hybridized carbons (Fsp3) is 0.778. The van der Waals surface area contributed by atoms with Gasteiger partial charge < -0.3 is 4.90 Å². The Kier molecular flexibility index (Phi) is 3.46. The predicted molar refractivity (Wildman–Crippen MR) is 52.6 cm³/mol.